The van der Waals surface area contributed by atoms with Gasteiger partial charge in [0.1, 0.15) is 11.8 Å². The smallest absolute Gasteiger partial charge is 0.261 e. The number of carbonyl (C=O) groups is 2. The summed E-state index contributed by atoms with van der Waals surface area (Å²) in [5, 5.41) is 4.98. The third-order valence-corrected chi connectivity index (χ3v) is 5.46. The summed E-state index contributed by atoms with van der Waals surface area (Å²) in [6.07, 6.45) is 0.829. The van der Waals surface area contributed by atoms with Crippen LogP contribution in [0.3, 0.4) is 0 Å². The van der Waals surface area contributed by atoms with E-state index >= 15 is 0 Å². The lowest BCUT2D eigenvalue weighted by atomic mass is 10.1. The zero-order valence-electron chi connectivity index (χ0n) is 18.4. The first-order chi connectivity index (χ1) is 15.0. The van der Waals surface area contributed by atoms with Crippen LogP contribution in [0.15, 0.2) is 72.8 Å². The Morgan fingerprint density at radius 2 is 1.61 bits per heavy atom. The van der Waals surface area contributed by atoms with Crippen molar-refractivity contribution in [1.29, 1.82) is 0 Å². The van der Waals surface area contributed by atoms with E-state index in [9.17, 15) is 9.59 Å². The van der Waals surface area contributed by atoms with Gasteiger partial charge in [-0.2, -0.15) is 0 Å². The Hall–Kier alpha value is -3.34. The summed E-state index contributed by atoms with van der Waals surface area (Å²) in [5.74, 6) is 0.259. The average Bonchev–Trinajstić information content (AvgIpc) is 2.81. The summed E-state index contributed by atoms with van der Waals surface area (Å²) in [4.78, 5) is 27.5. The molecule has 5 nitrogen and oxygen atoms in total. The molecule has 0 aliphatic carbocycles. The van der Waals surface area contributed by atoms with E-state index in [0.717, 1.165) is 22.8 Å². The Morgan fingerprint density at radius 1 is 0.935 bits per heavy atom. The van der Waals surface area contributed by atoms with Gasteiger partial charge in [-0.3, -0.25) is 9.59 Å². The molecule has 0 fully saturated rings. The van der Waals surface area contributed by atoms with Gasteiger partial charge in [-0.1, -0.05) is 73.7 Å². The lowest BCUT2D eigenvalue weighted by molar-refractivity contribution is -0.142. The summed E-state index contributed by atoms with van der Waals surface area (Å²) in [5.41, 5.74) is 0.962. The van der Waals surface area contributed by atoms with Gasteiger partial charge in [0.05, 0.1) is 0 Å². The van der Waals surface area contributed by atoms with Gasteiger partial charge in [0.15, 0.2) is 6.61 Å². The van der Waals surface area contributed by atoms with E-state index in [0.29, 0.717) is 12.3 Å². The first-order valence-corrected chi connectivity index (χ1v) is 10.7. The number of rotatable bonds is 9. The molecule has 3 aromatic rings. The fraction of sp³-hybridized carbons (Fsp3) is 0.308. The van der Waals surface area contributed by atoms with Crippen LogP contribution in [0.1, 0.15) is 32.8 Å². The molecule has 0 heterocycles. The summed E-state index contributed by atoms with van der Waals surface area (Å²) >= 11 is 0. The number of carbonyl (C=O) groups excluding carboxylic acids is 2. The van der Waals surface area contributed by atoms with Gasteiger partial charge >= 0.3 is 0 Å². The second-order valence-corrected chi connectivity index (χ2v) is 7.77. The van der Waals surface area contributed by atoms with Gasteiger partial charge in [-0.05, 0) is 37.3 Å². The monoisotopic (exact) mass is 418 g/mol. The second kappa shape index (κ2) is 10.6. The molecule has 0 aliphatic rings. The van der Waals surface area contributed by atoms with Crippen molar-refractivity contribution in [1.82, 2.24) is 10.2 Å². The van der Waals surface area contributed by atoms with Crippen LogP contribution < -0.4 is 10.1 Å². The molecule has 0 bridgehead atoms. The van der Waals surface area contributed by atoms with Gasteiger partial charge in [0.25, 0.3) is 5.91 Å². The van der Waals surface area contributed by atoms with Gasteiger partial charge in [-0.15, -0.1) is 0 Å². The molecule has 0 saturated carbocycles. The topological polar surface area (TPSA) is 58.6 Å². The summed E-state index contributed by atoms with van der Waals surface area (Å²) in [6.45, 7) is 5.93. The first-order valence-electron chi connectivity index (χ1n) is 10.7. The minimum Gasteiger partial charge on any atom is -0.483 e. The van der Waals surface area contributed by atoms with E-state index in [-0.39, 0.29) is 24.5 Å². The first kappa shape index (κ1) is 22.3. The average molecular weight is 419 g/mol. The van der Waals surface area contributed by atoms with E-state index < -0.39 is 6.04 Å². The maximum absolute atomic E-state index is 13.2. The highest BCUT2D eigenvalue weighted by atomic mass is 16.5. The minimum atomic E-state index is -0.613. The molecule has 0 aliphatic heterocycles. The van der Waals surface area contributed by atoms with Crippen LogP contribution in [-0.4, -0.2) is 35.4 Å². The zero-order valence-corrected chi connectivity index (χ0v) is 18.4. The van der Waals surface area contributed by atoms with Gasteiger partial charge in [-0.25, -0.2) is 0 Å². The summed E-state index contributed by atoms with van der Waals surface area (Å²) < 4.78 is 5.91. The number of ether oxygens (including phenoxy) is 1. The lowest BCUT2D eigenvalue weighted by Gasteiger charge is -2.29. The quantitative estimate of drug-likeness (QED) is 0.555. The van der Waals surface area contributed by atoms with Crippen molar-refractivity contribution in [3.8, 4) is 5.75 Å². The normalized spacial score (nSPS) is 12.7. The fourth-order valence-electron chi connectivity index (χ4n) is 3.37. The van der Waals surface area contributed by atoms with E-state index in [1.165, 1.54) is 0 Å². The van der Waals surface area contributed by atoms with Crippen molar-refractivity contribution in [3.05, 3.63) is 78.4 Å². The molecular formula is C26H30N2O3. The molecule has 0 spiro atoms. The molecule has 5 heteroatoms. The standard InChI is InChI=1S/C26H30N2O3/c1-4-19(2)27-26(30)20(3)28(17-21-11-6-5-7-12-21)25(29)18-31-24-16-10-14-22-13-8-9-15-23(22)24/h5-16,19-20H,4,17-18H2,1-3H3,(H,27,30)/t19-,20+/m1/s1. The van der Waals surface area contributed by atoms with Gasteiger partial charge in [0, 0.05) is 18.0 Å². The van der Waals surface area contributed by atoms with Crippen LogP contribution in [0.5, 0.6) is 5.75 Å². The molecule has 3 rings (SSSR count). The number of fused-ring (bicyclic) bond motifs is 1. The molecular weight excluding hydrogens is 388 g/mol. The SMILES string of the molecule is CC[C@@H](C)NC(=O)[C@H](C)N(Cc1ccccc1)C(=O)COc1cccc2ccccc12. The number of hydrogen-bond acceptors (Lipinski definition) is 3. The van der Waals surface area contributed by atoms with Crippen LogP contribution in [-0.2, 0) is 16.1 Å². The highest BCUT2D eigenvalue weighted by Gasteiger charge is 2.27. The predicted octanol–water partition coefficient (Wildman–Crippen LogP) is 4.55. The highest BCUT2D eigenvalue weighted by Crippen LogP contribution is 2.25. The molecule has 0 unspecified atom stereocenters. The summed E-state index contributed by atoms with van der Waals surface area (Å²) in [7, 11) is 0. The van der Waals surface area contributed by atoms with E-state index in [1.54, 1.807) is 11.8 Å². The number of benzene rings is 3. The largest absolute Gasteiger partial charge is 0.483 e. The van der Waals surface area contributed by atoms with Crippen molar-refractivity contribution in [3.63, 3.8) is 0 Å². The van der Waals surface area contributed by atoms with E-state index in [1.807, 2.05) is 86.6 Å². The molecule has 0 aromatic heterocycles. The van der Waals surface area contributed by atoms with Crippen LogP contribution in [0, 0.1) is 0 Å². The molecule has 3 aromatic carbocycles. The third kappa shape index (κ3) is 5.85. The van der Waals surface area contributed by atoms with Crippen LogP contribution in [0.4, 0.5) is 0 Å². The highest BCUT2D eigenvalue weighted by molar-refractivity contribution is 5.90. The fourth-order valence-corrected chi connectivity index (χ4v) is 3.37. The minimum absolute atomic E-state index is 0.0514. The third-order valence-electron chi connectivity index (χ3n) is 5.46. The van der Waals surface area contributed by atoms with Crippen LogP contribution in [0.2, 0.25) is 0 Å². The van der Waals surface area contributed by atoms with Crippen molar-refractivity contribution in [2.75, 3.05) is 6.61 Å². The number of nitrogens with one attached hydrogen (secondary N) is 1. The molecule has 0 saturated heterocycles. The zero-order chi connectivity index (χ0) is 22.2. The van der Waals surface area contributed by atoms with Crippen LogP contribution >= 0.6 is 0 Å². The van der Waals surface area contributed by atoms with Gasteiger partial charge in [0.2, 0.25) is 5.91 Å². The Bertz CT molecular complexity index is 1010. The predicted molar refractivity (Wildman–Crippen MR) is 124 cm³/mol. The van der Waals surface area contributed by atoms with Crippen molar-refractivity contribution >= 4 is 22.6 Å². The number of hydrogen-bond donors (Lipinski definition) is 1. The molecule has 0 radical (unpaired) electrons. The number of amides is 2. The van der Waals surface area contributed by atoms with Crippen molar-refractivity contribution in [2.45, 2.75) is 45.8 Å². The Balaban J connectivity index is 1.77. The van der Waals surface area contributed by atoms with Crippen molar-refractivity contribution < 1.29 is 14.3 Å². The van der Waals surface area contributed by atoms with E-state index in [4.69, 9.17) is 4.74 Å². The molecule has 162 valence electrons. The molecule has 2 amide bonds. The van der Waals surface area contributed by atoms with Gasteiger partial charge < -0.3 is 15.0 Å². The van der Waals surface area contributed by atoms with Crippen molar-refractivity contribution in [2.24, 2.45) is 0 Å². The Kier molecular flexibility index (Phi) is 7.65. The Labute approximate surface area is 184 Å². The van der Waals surface area contributed by atoms with Crippen LogP contribution in [0.25, 0.3) is 10.8 Å². The summed E-state index contributed by atoms with van der Waals surface area (Å²) in [6, 6.07) is 22.8. The molecule has 31 heavy (non-hydrogen) atoms. The lowest BCUT2D eigenvalue weighted by Crippen LogP contribution is -2.50. The maximum atomic E-state index is 13.2. The molecule has 1 N–H and O–H groups in total. The maximum Gasteiger partial charge on any atom is 0.261 e. The second-order valence-electron chi connectivity index (χ2n) is 7.77. The molecule has 2 atom stereocenters. The number of nitrogens with zero attached hydrogens (tertiary/aromatic N) is 1. The van der Waals surface area contributed by atoms with E-state index in [2.05, 4.69) is 5.32 Å². The Morgan fingerprint density at radius 3 is 2.35 bits per heavy atom.